The topological polar surface area (TPSA) is 96.3 Å². The van der Waals surface area contributed by atoms with Gasteiger partial charge in [-0.3, -0.25) is 4.79 Å². The normalized spacial score (nSPS) is 20.6. The monoisotopic (exact) mass is 325 g/mol. The average Bonchev–Trinajstić information content (AvgIpc) is 2.86. The van der Waals surface area contributed by atoms with Crippen LogP contribution in [0.4, 0.5) is 13.2 Å². The third-order valence-corrected chi connectivity index (χ3v) is 4.28. The number of amides is 1. The van der Waals surface area contributed by atoms with Crippen molar-refractivity contribution in [2.75, 3.05) is 13.1 Å². The number of hydrogen-bond donors (Lipinski definition) is 2. The van der Waals surface area contributed by atoms with Gasteiger partial charge in [0.15, 0.2) is 0 Å². The molecule has 2 heterocycles. The highest BCUT2D eigenvalue weighted by Crippen LogP contribution is 2.33. The second-order valence-corrected chi connectivity index (χ2v) is 6.49. The lowest BCUT2D eigenvalue weighted by Crippen LogP contribution is -2.44. The molecule has 0 bridgehead atoms. The summed E-state index contributed by atoms with van der Waals surface area (Å²) in [5.41, 5.74) is -0.0955. The molecule has 6 nitrogen and oxygen atoms in total. The van der Waals surface area contributed by atoms with Gasteiger partial charge < -0.3 is 9.88 Å². The number of sulfonamides is 1. The van der Waals surface area contributed by atoms with E-state index in [0.29, 0.717) is 0 Å². The summed E-state index contributed by atoms with van der Waals surface area (Å²) in [5.74, 6) is -2.22. The number of primary sulfonamides is 1. The molecule has 1 amide bonds. The maximum atomic E-state index is 12.7. The molecule has 118 valence electrons. The van der Waals surface area contributed by atoms with Crippen LogP contribution in [0.2, 0.25) is 0 Å². The number of carbonyl (C=O) groups is 1. The quantitative estimate of drug-likeness (QED) is 0.851. The van der Waals surface area contributed by atoms with Gasteiger partial charge in [0.1, 0.15) is 5.69 Å². The Kier molecular flexibility index (Phi) is 4.02. The van der Waals surface area contributed by atoms with Crippen LogP contribution < -0.4 is 5.14 Å². The fourth-order valence-electron chi connectivity index (χ4n) is 2.26. The Morgan fingerprint density at radius 3 is 2.62 bits per heavy atom. The molecule has 1 aliphatic heterocycles. The fourth-order valence-corrected chi connectivity index (χ4v) is 2.77. The third-order valence-electron chi connectivity index (χ3n) is 3.39. The summed E-state index contributed by atoms with van der Waals surface area (Å²) < 4.78 is 60.3. The van der Waals surface area contributed by atoms with Crippen molar-refractivity contribution in [1.29, 1.82) is 0 Å². The van der Waals surface area contributed by atoms with E-state index in [2.05, 4.69) is 4.98 Å². The van der Waals surface area contributed by atoms with Crippen molar-refractivity contribution < 1.29 is 26.4 Å². The SMILES string of the molecule is NS(=O)(=O)c1c[nH]c(C(=O)N2CCCC(C(F)(F)F)C2)c1. The van der Waals surface area contributed by atoms with Crippen LogP contribution in [0.15, 0.2) is 17.2 Å². The number of H-pyrrole nitrogens is 1. The molecule has 1 aromatic heterocycles. The Hall–Kier alpha value is -1.55. The first-order valence-electron chi connectivity index (χ1n) is 6.16. The van der Waals surface area contributed by atoms with Gasteiger partial charge in [-0.2, -0.15) is 13.2 Å². The van der Waals surface area contributed by atoms with E-state index in [1.807, 2.05) is 0 Å². The van der Waals surface area contributed by atoms with Crippen molar-refractivity contribution in [1.82, 2.24) is 9.88 Å². The third kappa shape index (κ3) is 3.56. The van der Waals surface area contributed by atoms with E-state index in [9.17, 15) is 26.4 Å². The molecule has 1 aromatic rings. The molecule has 1 saturated heterocycles. The maximum Gasteiger partial charge on any atom is 0.393 e. The van der Waals surface area contributed by atoms with Crippen molar-refractivity contribution in [2.24, 2.45) is 11.1 Å². The minimum Gasteiger partial charge on any atom is -0.356 e. The Morgan fingerprint density at radius 2 is 2.10 bits per heavy atom. The summed E-state index contributed by atoms with van der Waals surface area (Å²) in [4.78, 5) is 15.3. The minimum atomic E-state index is -4.35. The van der Waals surface area contributed by atoms with E-state index < -0.39 is 34.6 Å². The number of halogens is 3. The maximum absolute atomic E-state index is 12.7. The number of aromatic nitrogens is 1. The van der Waals surface area contributed by atoms with Crippen molar-refractivity contribution in [3.8, 4) is 0 Å². The number of likely N-dealkylation sites (tertiary alicyclic amines) is 1. The van der Waals surface area contributed by atoms with Gasteiger partial charge in [-0.25, -0.2) is 13.6 Å². The summed E-state index contributed by atoms with van der Waals surface area (Å²) in [7, 11) is -3.96. The van der Waals surface area contributed by atoms with Gasteiger partial charge in [0.25, 0.3) is 5.91 Å². The first-order valence-corrected chi connectivity index (χ1v) is 7.71. The number of hydrogen-bond acceptors (Lipinski definition) is 3. The van der Waals surface area contributed by atoms with Crippen LogP contribution in [-0.4, -0.2) is 43.5 Å². The number of carbonyl (C=O) groups excluding carboxylic acids is 1. The molecule has 1 fully saturated rings. The van der Waals surface area contributed by atoms with E-state index in [1.54, 1.807) is 0 Å². The van der Waals surface area contributed by atoms with E-state index in [0.717, 1.165) is 17.2 Å². The van der Waals surface area contributed by atoms with Crippen LogP contribution in [0.25, 0.3) is 0 Å². The lowest BCUT2D eigenvalue weighted by molar-refractivity contribution is -0.184. The fraction of sp³-hybridized carbons (Fsp3) is 0.545. The largest absolute Gasteiger partial charge is 0.393 e. The zero-order chi connectivity index (χ0) is 15.8. The van der Waals surface area contributed by atoms with Gasteiger partial charge in [0.05, 0.1) is 10.8 Å². The average molecular weight is 325 g/mol. The highest BCUT2D eigenvalue weighted by molar-refractivity contribution is 7.89. The van der Waals surface area contributed by atoms with Gasteiger partial charge in [-0.15, -0.1) is 0 Å². The Balaban J connectivity index is 2.15. The molecule has 0 spiro atoms. The molecule has 0 saturated carbocycles. The number of rotatable bonds is 2. The lowest BCUT2D eigenvalue weighted by atomic mass is 9.97. The standard InChI is InChI=1S/C11H14F3N3O3S/c12-11(13,14)7-2-1-3-17(6-7)10(18)9-4-8(5-16-9)21(15,19)20/h4-5,7,16H,1-3,6H2,(H2,15,19,20). The number of nitrogens with zero attached hydrogens (tertiary/aromatic N) is 1. The number of alkyl halides is 3. The molecule has 0 aliphatic carbocycles. The highest BCUT2D eigenvalue weighted by atomic mass is 32.2. The second kappa shape index (κ2) is 5.34. The minimum absolute atomic E-state index is 0.0135. The van der Waals surface area contributed by atoms with Gasteiger partial charge in [-0.05, 0) is 18.9 Å². The summed E-state index contributed by atoms with van der Waals surface area (Å²) >= 11 is 0. The molecule has 1 atom stereocenters. The number of nitrogens with two attached hydrogens (primary N) is 1. The molecule has 10 heteroatoms. The van der Waals surface area contributed by atoms with Gasteiger partial charge in [0.2, 0.25) is 10.0 Å². The number of nitrogens with one attached hydrogen (secondary N) is 1. The molecule has 1 unspecified atom stereocenters. The molecule has 1 aliphatic rings. The second-order valence-electron chi connectivity index (χ2n) is 4.93. The first kappa shape index (κ1) is 15.8. The lowest BCUT2D eigenvalue weighted by Gasteiger charge is -2.33. The summed E-state index contributed by atoms with van der Waals surface area (Å²) in [6.07, 6.45) is -3.08. The molecule has 21 heavy (non-hydrogen) atoms. The van der Waals surface area contributed by atoms with Crippen LogP contribution in [0.1, 0.15) is 23.3 Å². The zero-order valence-corrected chi connectivity index (χ0v) is 11.7. The van der Waals surface area contributed by atoms with Gasteiger partial charge in [-0.1, -0.05) is 0 Å². The summed E-state index contributed by atoms with van der Waals surface area (Å²) in [6.45, 7) is -0.221. The van der Waals surface area contributed by atoms with E-state index in [4.69, 9.17) is 5.14 Å². The van der Waals surface area contributed by atoms with Crippen LogP contribution in [0, 0.1) is 5.92 Å². The first-order chi connectivity index (χ1) is 9.59. The molecule has 2 rings (SSSR count). The smallest absolute Gasteiger partial charge is 0.356 e. The van der Waals surface area contributed by atoms with Crippen molar-refractivity contribution in [3.63, 3.8) is 0 Å². The molecule has 0 radical (unpaired) electrons. The van der Waals surface area contributed by atoms with Crippen LogP contribution in [0.5, 0.6) is 0 Å². The van der Waals surface area contributed by atoms with Gasteiger partial charge in [0, 0.05) is 19.3 Å². The Labute approximate surface area is 119 Å². The zero-order valence-electron chi connectivity index (χ0n) is 10.9. The van der Waals surface area contributed by atoms with Crippen LogP contribution in [0.3, 0.4) is 0 Å². The van der Waals surface area contributed by atoms with Crippen LogP contribution >= 0.6 is 0 Å². The highest BCUT2D eigenvalue weighted by Gasteiger charge is 2.42. The summed E-state index contributed by atoms with van der Waals surface area (Å²) in [6, 6.07) is 1.02. The van der Waals surface area contributed by atoms with Crippen LogP contribution in [-0.2, 0) is 10.0 Å². The molecular formula is C11H14F3N3O3S. The molecule has 3 N–H and O–H groups in total. The molecular weight excluding hydrogens is 311 g/mol. The van der Waals surface area contributed by atoms with Crippen molar-refractivity contribution in [3.05, 3.63) is 18.0 Å². The van der Waals surface area contributed by atoms with Gasteiger partial charge >= 0.3 is 6.18 Å². The number of aromatic amines is 1. The van der Waals surface area contributed by atoms with Crippen molar-refractivity contribution in [2.45, 2.75) is 23.9 Å². The Morgan fingerprint density at radius 1 is 1.43 bits per heavy atom. The summed E-state index contributed by atoms with van der Waals surface area (Å²) in [5, 5.41) is 4.91. The van der Waals surface area contributed by atoms with Crippen molar-refractivity contribution >= 4 is 15.9 Å². The predicted octanol–water partition coefficient (Wildman–Crippen LogP) is 1.08. The predicted molar refractivity (Wildman–Crippen MR) is 66.8 cm³/mol. The Bertz CT molecular complexity index is 639. The molecule has 0 aromatic carbocycles. The van der Waals surface area contributed by atoms with E-state index in [-0.39, 0.29) is 30.0 Å². The number of piperidine rings is 1. The van der Waals surface area contributed by atoms with E-state index >= 15 is 0 Å². The van der Waals surface area contributed by atoms with E-state index in [1.165, 1.54) is 0 Å².